The fourth-order valence-corrected chi connectivity index (χ4v) is 3.51. The minimum absolute atomic E-state index is 0.0761. The molecule has 0 bridgehead atoms. The van der Waals surface area contributed by atoms with E-state index in [1.807, 2.05) is 48.5 Å². The van der Waals surface area contributed by atoms with Gasteiger partial charge in [-0.3, -0.25) is 4.79 Å². The van der Waals surface area contributed by atoms with Crippen molar-refractivity contribution in [2.75, 3.05) is 0 Å². The Morgan fingerprint density at radius 1 is 1.21 bits per heavy atom. The monoisotopic (exact) mass is 498 g/mol. The van der Waals surface area contributed by atoms with Crippen LogP contribution in [0.2, 0.25) is 0 Å². The molecule has 0 saturated carbocycles. The summed E-state index contributed by atoms with van der Waals surface area (Å²) in [6.45, 7) is 18.1. The molecule has 0 aliphatic carbocycles. The van der Waals surface area contributed by atoms with Gasteiger partial charge in [0.2, 0.25) is 4.80 Å². The van der Waals surface area contributed by atoms with Crippen molar-refractivity contribution >= 4 is 17.2 Å². The van der Waals surface area contributed by atoms with Gasteiger partial charge in [-0.05, 0) is 24.6 Å². The second-order valence-electron chi connectivity index (χ2n) is 10.1. The molecule has 1 aromatic carbocycles. The number of halogens is 3. The molecule has 0 aliphatic rings. The number of nitrogens with zero attached hydrogens (tertiary/aromatic N) is 3. The van der Waals surface area contributed by atoms with E-state index in [4.69, 9.17) is 4.84 Å². The lowest BCUT2D eigenvalue weighted by atomic mass is 9.93. The summed E-state index contributed by atoms with van der Waals surface area (Å²) in [7, 11) is 0. The van der Waals surface area contributed by atoms with E-state index < -0.39 is 17.6 Å². The molecular formula is C24H33F3N4O2S. The molecule has 1 aromatic heterocycles. The molecule has 34 heavy (non-hydrogen) atoms. The third-order valence-corrected chi connectivity index (χ3v) is 6.28. The number of nitrogens with one attached hydrogen (secondary N) is 1. The molecular weight excluding hydrogens is 465 g/mol. The third kappa shape index (κ3) is 7.19. The van der Waals surface area contributed by atoms with Crippen LogP contribution in [-0.2, 0) is 18.1 Å². The summed E-state index contributed by atoms with van der Waals surface area (Å²) in [6, 6.07) is 2.72. The fraction of sp³-hybridized carbons (Fsp3) is 0.542. The van der Waals surface area contributed by atoms with Gasteiger partial charge >= 0.3 is 6.18 Å². The highest BCUT2D eigenvalue weighted by Crippen LogP contribution is 2.33. The van der Waals surface area contributed by atoms with E-state index in [0.717, 1.165) is 36.0 Å². The molecule has 1 N–H and O–H groups in total. The molecule has 0 spiro atoms. The van der Waals surface area contributed by atoms with E-state index in [-0.39, 0.29) is 22.1 Å². The summed E-state index contributed by atoms with van der Waals surface area (Å²) < 4.78 is 41.8. The van der Waals surface area contributed by atoms with E-state index in [2.05, 4.69) is 22.2 Å². The maximum absolute atomic E-state index is 13.4. The Balaban J connectivity index is 2.55. The first-order chi connectivity index (χ1) is 15.5. The summed E-state index contributed by atoms with van der Waals surface area (Å²) in [5.41, 5.74) is 1.23. The molecule has 0 radical (unpaired) electrons. The van der Waals surface area contributed by atoms with Crippen molar-refractivity contribution in [2.24, 2.45) is 10.4 Å². The van der Waals surface area contributed by atoms with Crippen LogP contribution in [0.3, 0.4) is 0 Å². The third-order valence-electron chi connectivity index (χ3n) is 4.91. The van der Waals surface area contributed by atoms with Gasteiger partial charge in [0.25, 0.3) is 5.91 Å². The zero-order valence-corrected chi connectivity index (χ0v) is 21.6. The van der Waals surface area contributed by atoms with Crippen LogP contribution in [0.15, 0.2) is 35.5 Å². The lowest BCUT2D eigenvalue weighted by Crippen LogP contribution is -2.27. The minimum atomic E-state index is -4.62. The summed E-state index contributed by atoms with van der Waals surface area (Å²) in [4.78, 5) is 23.1. The van der Waals surface area contributed by atoms with Gasteiger partial charge in [-0.1, -0.05) is 72.8 Å². The zero-order chi connectivity index (χ0) is 25.9. The predicted molar refractivity (Wildman–Crippen MR) is 127 cm³/mol. The Kier molecular flexibility index (Phi) is 8.39. The van der Waals surface area contributed by atoms with Crippen LogP contribution >= 0.6 is 11.3 Å². The Hall–Kier alpha value is -2.62. The number of carbonyl (C=O) groups excluding carboxylic acids is 1. The molecule has 0 unspecified atom stereocenters. The van der Waals surface area contributed by atoms with Crippen molar-refractivity contribution in [3.05, 3.63) is 51.4 Å². The van der Waals surface area contributed by atoms with E-state index in [1.165, 1.54) is 11.3 Å². The van der Waals surface area contributed by atoms with Crippen molar-refractivity contribution in [1.82, 2.24) is 15.3 Å². The number of aromatic nitrogens is 2. The molecule has 2 rings (SSSR count). The molecule has 0 aliphatic heterocycles. The van der Waals surface area contributed by atoms with Crippen molar-refractivity contribution in [1.29, 1.82) is 0 Å². The summed E-state index contributed by atoms with van der Waals surface area (Å²) in [5.74, 6) is -0.925. The SMILES string of the molecule is C=C(NOc1ccc(C(F)(F)F)cc1C(=O)N=c1sc(C(C)(C)C)nn1CCCC)C(C)(C)C. The van der Waals surface area contributed by atoms with E-state index in [9.17, 15) is 18.0 Å². The molecule has 10 heteroatoms. The highest BCUT2D eigenvalue weighted by Gasteiger charge is 2.32. The molecule has 1 amide bonds. The van der Waals surface area contributed by atoms with E-state index in [0.29, 0.717) is 17.0 Å². The Labute approximate surface area is 202 Å². The van der Waals surface area contributed by atoms with Crippen LogP contribution < -0.4 is 15.1 Å². The predicted octanol–water partition coefficient (Wildman–Crippen LogP) is 6.25. The molecule has 2 aromatic rings. The molecule has 0 atom stereocenters. The van der Waals surface area contributed by atoms with Crippen LogP contribution in [0.25, 0.3) is 0 Å². The maximum Gasteiger partial charge on any atom is 0.416 e. The van der Waals surface area contributed by atoms with Crippen LogP contribution in [0.4, 0.5) is 13.2 Å². The number of hydrogen-bond acceptors (Lipinski definition) is 5. The topological polar surface area (TPSA) is 68.5 Å². The van der Waals surface area contributed by atoms with Gasteiger partial charge in [-0.25, -0.2) is 10.2 Å². The quantitative estimate of drug-likeness (QED) is 0.459. The van der Waals surface area contributed by atoms with Crippen LogP contribution in [0.5, 0.6) is 5.75 Å². The average molecular weight is 499 g/mol. The number of benzene rings is 1. The number of amides is 1. The van der Waals surface area contributed by atoms with E-state index in [1.54, 1.807) is 4.68 Å². The van der Waals surface area contributed by atoms with Crippen molar-refractivity contribution in [2.45, 2.75) is 79.4 Å². The molecule has 6 nitrogen and oxygen atoms in total. The van der Waals surface area contributed by atoms with Gasteiger partial charge in [0.1, 0.15) is 5.01 Å². The number of carbonyl (C=O) groups is 1. The number of rotatable bonds is 7. The lowest BCUT2D eigenvalue weighted by Gasteiger charge is -2.23. The highest BCUT2D eigenvalue weighted by atomic mass is 32.1. The van der Waals surface area contributed by atoms with E-state index >= 15 is 0 Å². The second-order valence-corrected chi connectivity index (χ2v) is 11.0. The highest BCUT2D eigenvalue weighted by molar-refractivity contribution is 7.09. The van der Waals surface area contributed by atoms with Gasteiger partial charge in [-0.2, -0.15) is 23.3 Å². The minimum Gasteiger partial charge on any atom is -0.382 e. The standard InChI is InChI=1S/C24H33F3N4O2S/c1-9-10-13-31-21(34-20(29-31)23(6,7)8)28-19(32)17-14-16(24(25,26)27)11-12-18(17)33-30-15(2)22(3,4)5/h11-12,14,30H,2,9-10,13H2,1,3-8H3. The normalized spacial score (nSPS) is 13.2. The molecule has 1 heterocycles. The largest absolute Gasteiger partial charge is 0.416 e. The molecule has 188 valence electrons. The van der Waals surface area contributed by atoms with Gasteiger partial charge in [0.05, 0.1) is 11.1 Å². The smallest absolute Gasteiger partial charge is 0.382 e. The lowest BCUT2D eigenvalue weighted by molar-refractivity contribution is -0.137. The van der Waals surface area contributed by atoms with Gasteiger partial charge < -0.3 is 4.84 Å². The van der Waals surface area contributed by atoms with Crippen LogP contribution in [-0.4, -0.2) is 15.7 Å². The number of hydrogen-bond donors (Lipinski definition) is 1. The van der Waals surface area contributed by atoms with Gasteiger partial charge in [-0.15, -0.1) is 0 Å². The summed E-state index contributed by atoms with van der Waals surface area (Å²) in [6.07, 6.45) is -2.88. The average Bonchev–Trinajstić information content (AvgIpc) is 3.11. The molecule has 0 saturated heterocycles. The van der Waals surface area contributed by atoms with Crippen LogP contribution in [0.1, 0.15) is 82.2 Å². The van der Waals surface area contributed by atoms with Crippen molar-refractivity contribution < 1.29 is 22.8 Å². The van der Waals surface area contributed by atoms with Gasteiger partial charge in [0.15, 0.2) is 5.75 Å². The summed E-state index contributed by atoms with van der Waals surface area (Å²) in [5, 5.41) is 5.36. The Bertz CT molecular complexity index is 1100. The number of hydroxylamine groups is 1. The number of aryl methyl sites for hydroxylation is 1. The maximum atomic E-state index is 13.4. The first-order valence-corrected chi connectivity index (χ1v) is 11.9. The zero-order valence-electron chi connectivity index (χ0n) is 20.8. The first kappa shape index (κ1) is 27.6. The van der Waals surface area contributed by atoms with Crippen molar-refractivity contribution in [3.8, 4) is 5.75 Å². The first-order valence-electron chi connectivity index (χ1n) is 11.0. The van der Waals surface area contributed by atoms with Crippen molar-refractivity contribution in [3.63, 3.8) is 0 Å². The Morgan fingerprint density at radius 3 is 2.38 bits per heavy atom. The second kappa shape index (κ2) is 10.3. The van der Waals surface area contributed by atoms with Crippen LogP contribution in [0, 0.1) is 5.41 Å². The number of allylic oxidation sites excluding steroid dienone is 1. The Morgan fingerprint density at radius 2 is 1.85 bits per heavy atom. The number of unbranched alkanes of at least 4 members (excludes halogenated alkanes) is 1. The van der Waals surface area contributed by atoms with Gasteiger partial charge in [0, 0.05) is 23.1 Å². The molecule has 0 fully saturated rings. The summed E-state index contributed by atoms with van der Waals surface area (Å²) >= 11 is 1.25. The number of alkyl halides is 3. The fourth-order valence-electron chi connectivity index (χ4n) is 2.53.